The van der Waals surface area contributed by atoms with E-state index >= 15 is 0 Å². The molecule has 0 aliphatic carbocycles. The monoisotopic (exact) mass is 329 g/mol. The molecule has 0 aromatic heterocycles. The van der Waals surface area contributed by atoms with Gasteiger partial charge in [0.05, 0.1) is 6.04 Å². The molecule has 2 rings (SSSR count). The molecule has 1 heterocycles. The fourth-order valence-electron chi connectivity index (χ4n) is 2.11. The largest absolute Gasteiger partial charge is 0.335 e. The van der Waals surface area contributed by atoms with Crippen LogP contribution in [0.2, 0.25) is 0 Å². The molecule has 2 nitrogen and oxygen atoms in total. The Kier molecular flexibility index (Phi) is 3.52. The Labute approximate surface area is 110 Å². The summed E-state index contributed by atoms with van der Waals surface area (Å²) in [5, 5.41) is 0. The van der Waals surface area contributed by atoms with Gasteiger partial charge in [0.1, 0.15) is 0 Å². The lowest BCUT2D eigenvalue weighted by atomic mass is 10.1. The summed E-state index contributed by atoms with van der Waals surface area (Å²) in [6.45, 7) is 5.00. The lowest BCUT2D eigenvalue weighted by Gasteiger charge is -2.25. The zero-order chi connectivity index (χ0) is 11.7. The minimum atomic E-state index is 0.159. The summed E-state index contributed by atoms with van der Waals surface area (Å²) >= 11 is 2.38. The maximum absolute atomic E-state index is 12.1. The van der Waals surface area contributed by atoms with Crippen molar-refractivity contribution in [3.63, 3.8) is 0 Å². The van der Waals surface area contributed by atoms with Crippen LogP contribution in [-0.2, 0) is 4.79 Å². The van der Waals surface area contributed by atoms with Crippen molar-refractivity contribution in [2.75, 3.05) is 6.54 Å². The second-order valence-corrected chi connectivity index (χ2v) is 5.98. The molecule has 1 aromatic rings. The van der Waals surface area contributed by atoms with Gasteiger partial charge in [-0.3, -0.25) is 4.79 Å². The third kappa shape index (κ3) is 2.10. The molecular formula is C13H16INO. The predicted molar refractivity (Wildman–Crippen MR) is 73.5 cm³/mol. The molecule has 0 N–H and O–H groups in total. The van der Waals surface area contributed by atoms with Crippen LogP contribution >= 0.6 is 22.6 Å². The van der Waals surface area contributed by atoms with Crippen molar-refractivity contribution in [2.45, 2.75) is 23.8 Å². The zero-order valence-electron chi connectivity index (χ0n) is 9.56. The number of rotatable bonds is 2. The highest BCUT2D eigenvalue weighted by molar-refractivity contribution is 14.1. The van der Waals surface area contributed by atoms with Crippen LogP contribution in [0.25, 0.3) is 0 Å². The molecule has 1 aliphatic rings. The highest BCUT2D eigenvalue weighted by Gasteiger charge is 2.37. The van der Waals surface area contributed by atoms with E-state index in [2.05, 4.69) is 41.6 Å². The smallest absolute Gasteiger partial charge is 0.227 e. The van der Waals surface area contributed by atoms with Gasteiger partial charge in [0, 0.05) is 16.4 Å². The van der Waals surface area contributed by atoms with E-state index in [0.29, 0.717) is 3.92 Å². The first kappa shape index (κ1) is 11.9. The Morgan fingerprint density at radius 1 is 1.38 bits per heavy atom. The average molecular weight is 329 g/mol. The molecule has 1 aliphatic heterocycles. The molecule has 16 heavy (non-hydrogen) atoms. The van der Waals surface area contributed by atoms with Crippen LogP contribution in [0.1, 0.15) is 25.5 Å². The van der Waals surface area contributed by atoms with Crippen molar-refractivity contribution in [3.8, 4) is 0 Å². The van der Waals surface area contributed by atoms with Crippen LogP contribution in [-0.4, -0.2) is 21.3 Å². The van der Waals surface area contributed by atoms with Crippen molar-refractivity contribution in [1.29, 1.82) is 0 Å². The number of benzene rings is 1. The fourth-order valence-corrected chi connectivity index (χ4v) is 2.84. The van der Waals surface area contributed by atoms with E-state index in [1.54, 1.807) is 0 Å². The summed E-state index contributed by atoms with van der Waals surface area (Å²) < 4.78 is 0.441. The standard InChI is InChI=1S/C13H16INO/c1-9-12(14)8-15(13(9)16)10(2)11-6-4-3-5-7-11/h3-7,9-10,12H,8H2,1-2H3/t9-,10?,12?/m1/s1. The van der Waals surface area contributed by atoms with E-state index in [9.17, 15) is 4.79 Å². The molecule has 0 bridgehead atoms. The summed E-state index contributed by atoms with van der Waals surface area (Å²) in [4.78, 5) is 14.0. The predicted octanol–water partition coefficient (Wildman–Crippen LogP) is 3.03. The van der Waals surface area contributed by atoms with E-state index in [0.717, 1.165) is 6.54 Å². The van der Waals surface area contributed by atoms with Gasteiger partial charge in [0.2, 0.25) is 5.91 Å². The van der Waals surface area contributed by atoms with Gasteiger partial charge in [-0.2, -0.15) is 0 Å². The van der Waals surface area contributed by atoms with Gasteiger partial charge in [0.15, 0.2) is 0 Å². The number of amides is 1. The molecule has 3 atom stereocenters. The van der Waals surface area contributed by atoms with Crippen molar-refractivity contribution >= 4 is 28.5 Å². The Bertz CT molecular complexity index is 379. The van der Waals surface area contributed by atoms with E-state index in [4.69, 9.17) is 0 Å². The van der Waals surface area contributed by atoms with Crippen LogP contribution in [0.15, 0.2) is 30.3 Å². The number of hydrogen-bond acceptors (Lipinski definition) is 1. The first-order valence-corrected chi connectivity index (χ1v) is 6.85. The highest BCUT2D eigenvalue weighted by atomic mass is 127. The minimum Gasteiger partial charge on any atom is -0.335 e. The maximum atomic E-state index is 12.1. The minimum absolute atomic E-state index is 0.159. The first-order chi connectivity index (χ1) is 7.61. The molecule has 2 unspecified atom stereocenters. The molecule has 1 amide bonds. The fraction of sp³-hybridized carbons (Fsp3) is 0.462. The van der Waals surface area contributed by atoms with E-state index in [1.807, 2.05) is 30.0 Å². The van der Waals surface area contributed by atoms with Gasteiger partial charge in [-0.05, 0) is 12.5 Å². The molecule has 1 aromatic carbocycles. The lowest BCUT2D eigenvalue weighted by molar-refractivity contribution is -0.132. The molecule has 1 fully saturated rings. The van der Waals surface area contributed by atoms with Gasteiger partial charge in [0.25, 0.3) is 0 Å². The Morgan fingerprint density at radius 3 is 2.50 bits per heavy atom. The van der Waals surface area contributed by atoms with Crippen molar-refractivity contribution < 1.29 is 4.79 Å². The Balaban J connectivity index is 2.18. The normalized spacial score (nSPS) is 27.2. The molecule has 0 saturated carbocycles. The van der Waals surface area contributed by atoms with Gasteiger partial charge in [-0.15, -0.1) is 0 Å². The zero-order valence-corrected chi connectivity index (χ0v) is 11.7. The second kappa shape index (κ2) is 4.73. The Hall–Kier alpha value is -0.580. The number of carbonyl (C=O) groups excluding carboxylic acids is 1. The van der Waals surface area contributed by atoms with Gasteiger partial charge < -0.3 is 4.90 Å². The summed E-state index contributed by atoms with van der Waals surface area (Å²) in [7, 11) is 0. The van der Waals surface area contributed by atoms with E-state index < -0.39 is 0 Å². The number of likely N-dealkylation sites (tertiary alicyclic amines) is 1. The van der Waals surface area contributed by atoms with Crippen LogP contribution in [0, 0.1) is 5.92 Å². The molecular weight excluding hydrogens is 313 g/mol. The first-order valence-electron chi connectivity index (χ1n) is 5.60. The molecule has 0 spiro atoms. The molecule has 1 saturated heterocycles. The van der Waals surface area contributed by atoms with Gasteiger partial charge >= 0.3 is 0 Å². The number of halogens is 1. The van der Waals surface area contributed by atoms with E-state index in [-0.39, 0.29) is 17.9 Å². The highest BCUT2D eigenvalue weighted by Crippen LogP contribution is 2.31. The van der Waals surface area contributed by atoms with Crippen LogP contribution in [0.5, 0.6) is 0 Å². The maximum Gasteiger partial charge on any atom is 0.227 e. The quantitative estimate of drug-likeness (QED) is 0.603. The summed E-state index contributed by atoms with van der Waals surface area (Å²) in [6.07, 6.45) is 0. The summed E-state index contributed by atoms with van der Waals surface area (Å²) in [5.74, 6) is 0.447. The summed E-state index contributed by atoms with van der Waals surface area (Å²) in [5.41, 5.74) is 1.22. The molecule has 3 heteroatoms. The number of alkyl halides is 1. The van der Waals surface area contributed by atoms with Crippen LogP contribution in [0.4, 0.5) is 0 Å². The summed E-state index contributed by atoms with van der Waals surface area (Å²) in [6, 6.07) is 10.4. The van der Waals surface area contributed by atoms with E-state index in [1.165, 1.54) is 5.56 Å². The van der Waals surface area contributed by atoms with Crippen molar-refractivity contribution in [1.82, 2.24) is 4.90 Å². The van der Waals surface area contributed by atoms with Crippen LogP contribution < -0.4 is 0 Å². The number of nitrogens with zero attached hydrogens (tertiary/aromatic N) is 1. The molecule has 0 radical (unpaired) electrons. The third-order valence-electron chi connectivity index (χ3n) is 3.34. The average Bonchev–Trinajstić information content (AvgIpc) is 2.57. The SMILES string of the molecule is CC(c1ccccc1)N1CC(I)[C@@H](C)C1=O. The van der Waals surface area contributed by atoms with Crippen molar-refractivity contribution in [2.24, 2.45) is 5.92 Å². The topological polar surface area (TPSA) is 20.3 Å². The number of hydrogen-bond donors (Lipinski definition) is 0. The van der Waals surface area contributed by atoms with Crippen molar-refractivity contribution in [3.05, 3.63) is 35.9 Å². The van der Waals surface area contributed by atoms with Gasteiger partial charge in [-0.25, -0.2) is 0 Å². The number of carbonyl (C=O) groups is 1. The third-order valence-corrected chi connectivity index (χ3v) is 4.81. The second-order valence-electron chi connectivity index (χ2n) is 4.38. The Morgan fingerprint density at radius 2 is 2.00 bits per heavy atom. The lowest BCUT2D eigenvalue weighted by Crippen LogP contribution is -2.29. The van der Waals surface area contributed by atoms with Crippen LogP contribution in [0.3, 0.4) is 0 Å². The van der Waals surface area contributed by atoms with Gasteiger partial charge in [-0.1, -0.05) is 59.8 Å². The molecule has 86 valence electrons.